The maximum atomic E-state index is 6.20. The minimum atomic E-state index is 0.618. The van der Waals surface area contributed by atoms with Crippen LogP contribution in [-0.4, -0.2) is 29.5 Å². The van der Waals surface area contributed by atoms with E-state index in [-0.39, 0.29) is 0 Å². The molecule has 1 fully saturated rings. The number of aromatic amines is 1. The van der Waals surface area contributed by atoms with Gasteiger partial charge in [-0.3, -0.25) is 0 Å². The quantitative estimate of drug-likeness (QED) is 0.627. The number of nitrogens with zero attached hydrogens (tertiary/aromatic N) is 1. The third-order valence-electron chi connectivity index (χ3n) is 5.77. The summed E-state index contributed by atoms with van der Waals surface area (Å²) >= 11 is 6.20. The standard InChI is InChI=1S/C22H26ClN3/c1-15-2-4-19(24)12-17(15)8-11-26-9-6-16(7-10-26)21-14-25-22-5-3-18(23)13-20(21)22/h2-5,12-14,16,25H,6-11,24H2,1H3. The number of aromatic nitrogens is 1. The van der Waals surface area contributed by atoms with Gasteiger partial charge in [0, 0.05) is 34.4 Å². The molecule has 1 aromatic heterocycles. The first-order valence-corrected chi connectivity index (χ1v) is 9.82. The molecule has 0 unspecified atom stereocenters. The van der Waals surface area contributed by atoms with Crippen molar-refractivity contribution >= 4 is 28.2 Å². The molecule has 0 radical (unpaired) electrons. The Morgan fingerprint density at radius 3 is 2.77 bits per heavy atom. The molecule has 26 heavy (non-hydrogen) atoms. The van der Waals surface area contributed by atoms with Gasteiger partial charge in [-0.2, -0.15) is 0 Å². The van der Waals surface area contributed by atoms with E-state index >= 15 is 0 Å². The van der Waals surface area contributed by atoms with E-state index < -0.39 is 0 Å². The highest BCUT2D eigenvalue weighted by molar-refractivity contribution is 6.31. The lowest BCUT2D eigenvalue weighted by molar-refractivity contribution is 0.215. The number of hydrogen-bond donors (Lipinski definition) is 2. The predicted molar refractivity (Wildman–Crippen MR) is 111 cm³/mol. The highest BCUT2D eigenvalue weighted by atomic mass is 35.5. The molecule has 0 saturated carbocycles. The van der Waals surface area contributed by atoms with E-state index in [1.807, 2.05) is 12.1 Å². The molecule has 0 aliphatic carbocycles. The van der Waals surface area contributed by atoms with Crippen molar-refractivity contribution < 1.29 is 0 Å². The van der Waals surface area contributed by atoms with Crippen LogP contribution in [0.25, 0.3) is 10.9 Å². The zero-order chi connectivity index (χ0) is 18.1. The highest BCUT2D eigenvalue weighted by Gasteiger charge is 2.22. The molecular formula is C22H26ClN3. The molecule has 1 aliphatic rings. The van der Waals surface area contributed by atoms with Crippen LogP contribution in [0.1, 0.15) is 35.4 Å². The number of H-pyrrole nitrogens is 1. The number of hydrogen-bond acceptors (Lipinski definition) is 2. The molecular weight excluding hydrogens is 342 g/mol. The lowest BCUT2D eigenvalue weighted by Gasteiger charge is -2.32. The van der Waals surface area contributed by atoms with Gasteiger partial charge < -0.3 is 15.6 Å². The average Bonchev–Trinajstić information content (AvgIpc) is 3.06. The number of fused-ring (bicyclic) bond motifs is 1. The summed E-state index contributed by atoms with van der Waals surface area (Å²) in [5.41, 5.74) is 12.1. The zero-order valence-corrected chi connectivity index (χ0v) is 16.0. The van der Waals surface area contributed by atoms with Crippen molar-refractivity contribution in [3.05, 3.63) is 64.3 Å². The van der Waals surface area contributed by atoms with Crippen molar-refractivity contribution in [3.63, 3.8) is 0 Å². The molecule has 136 valence electrons. The summed E-state index contributed by atoms with van der Waals surface area (Å²) in [6.45, 7) is 5.58. The van der Waals surface area contributed by atoms with E-state index in [0.717, 1.165) is 36.8 Å². The number of benzene rings is 2. The van der Waals surface area contributed by atoms with Gasteiger partial charge in [0.1, 0.15) is 0 Å². The van der Waals surface area contributed by atoms with Crippen LogP contribution < -0.4 is 5.73 Å². The van der Waals surface area contributed by atoms with Crippen molar-refractivity contribution in [2.75, 3.05) is 25.4 Å². The summed E-state index contributed by atoms with van der Waals surface area (Å²) in [7, 11) is 0. The first kappa shape index (κ1) is 17.4. The second-order valence-corrected chi connectivity index (χ2v) is 7.92. The van der Waals surface area contributed by atoms with Crippen LogP contribution in [0.4, 0.5) is 5.69 Å². The fourth-order valence-electron chi connectivity index (χ4n) is 4.16. The molecule has 0 spiro atoms. The fourth-order valence-corrected chi connectivity index (χ4v) is 4.33. The maximum absolute atomic E-state index is 6.20. The van der Waals surface area contributed by atoms with E-state index in [2.05, 4.69) is 47.3 Å². The van der Waals surface area contributed by atoms with Gasteiger partial charge in [0.05, 0.1) is 0 Å². The number of rotatable bonds is 4. The Kier molecular flexibility index (Phi) is 4.92. The lowest BCUT2D eigenvalue weighted by Crippen LogP contribution is -2.34. The fraction of sp³-hybridized carbons (Fsp3) is 0.364. The van der Waals surface area contributed by atoms with E-state index in [4.69, 9.17) is 17.3 Å². The lowest BCUT2D eigenvalue weighted by atomic mass is 9.89. The van der Waals surface area contributed by atoms with Crippen LogP contribution in [0.3, 0.4) is 0 Å². The Morgan fingerprint density at radius 1 is 1.15 bits per heavy atom. The number of piperidine rings is 1. The van der Waals surface area contributed by atoms with Crippen molar-refractivity contribution in [3.8, 4) is 0 Å². The summed E-state index contributed by atoms with van der Waals surface area (Å²) in [5, 5.41) is 2.10. The van der Waals surface area contributed by atoms with Crippen LogP contribution >= 0.6 is 11.6 Å². The molecule has 0 atom stereocenters. The zero-order valence-electron chi connectivity index (χ0n) is 15.3. The average molecular weight is 368 g/mol. The van der Waals surface area contributed by atoms with Gasteiger partial charge in [-0.1, -0.05) is 17.7 Å². The third kappa shape index (κ3) is 3.60. The smallest absolute Gasteiger partial charge is 0.0457 e. The van der Waals surface area contributed by atoms with Crippen molar-refractivity contribution in [1.82, 2.24) is 9.88 Å². The van der Waals surface area contributed by atoms with Gasteiger partial charge in [-0.15, -0.1) is 0 Å². The normalized spacial score (nSPS) is 16.4. The molecule has 3 aromatic rings. The second-order valence-electron chi connectivity index (χ2n) is 7.49. The van der Waals surface area contributed by atoms with Gasteiger partial charge in [-0.05, 0) is 92.2 Å². The Morgan fingerprint density at radius 2 is 1.96 bits per heavy atom. The number of halogens is 1. The minimum absolute atomic E-state index is 0.618. The SMILES string of the molecule is Cc1ccc(N)cc1CCN1CCC(c2c[nH]c3ccc(Cl)cc23)CC1. The molecule has 1 saturated heterocycles. The van der Waals surface area contributed by atoms with Gasteiger partial charge in [0.25, 0.3) is 0 Å². The number of anilines is 1. The van der Waals surface area contributed by atoms with Gasteiger partial charge in [-0.25, -0.2) is 0 Å². The number of nitrogen functional groups attached to an aromatic ring is 1. The van der Waals surface area contributed by atoms with Crippen LogP contribution in [0.2, 0.25) is 5.02 Å². The van der Waals surface area contributed by atoms with Crippen LogP contribution in [0.5, 0.6) is 0 Å². The molecule has 3 nitrogen and oxygen atoms in total. The molecule has 1 aliphatic heterocycles. The van der Waals surface area contributed by atoms with Crippen molar-refractivity contribution in [2.24, 2.45) is 0 Å². The van der Waals surface area contributed by atoms with E-state index in [9.17, 15) is 0 Å². The first-order chi connectivity index (χ1) is 12.6. The van der Waals surface area contributed by atoms with Crippen molar-refractivity contribution in [1.29, 1.82) is 0 Å². The Bertz CT molecular complexity index is 907. The largest absolute Gasteiger partial charge is 0.399 e. The first-order valence-electron chi connectivity index (χ1n) is 9.44. The van der Waals surface area contributed by atoms with E-state index in [0.29, 0.717) is 5.92 Å². The summed E-state index contributed by atoms with van der Waals surface area (Å²) in [6, 6.07) is 12.3. The van der Waals surface area contributed by atoms with Crippen LogP contribution in [0.15, 0.2) is 42.6 Å². The third-order valence-corrected chi connectivity index (χ3v) is 6.01. The summed E-state index contributed by atoms with van der Waals surface area (Å²) in [5.74, 6) is 0.618. The number of likely N-dealkylation sites (tertiary alicyclic amines) is 1. The molecule has 0 bridgehead atoms. The summed E-state index contributed by atoms with van der Waals surface area (Å²) in [6.07, 6.45) is 5.66. The van der Waals surface area contributed by atoms with E-state index in [1.54, 1.807) is 0 Å². The number of aryl methyl sites for hydroxylation is 1. The molecule has 0 amide bonds. The Labute approximate surface area is 160 Å². The Balaban J connectivity index is 1.38. The predicted octanol–water partition coefficient (Wildman–Crippen LogP) is 5.13. The topological polar surface area (TPSA) is 45.0 Å². The molecule has 2 aromatic carbocycles. The highest BCUT2D eigenvalue weighted by Crippen LogP contribution is 2.34. The van der Waals surface area contributed by atoms with Gasteiger partial charge in [0.15, 0.2) is 0 Å². The Hall–Kier alpha value is -1.97. The van der Waals surface area contributed by atoms with E-state index in [1.165, 1.54) is 40.4 Å². The summed E-state index contributed by atoms with van der Waals surface area (Å²) < 4.78 is 0. The van der Waals surface area contributed by atoms with Crippen LogP contribution in [-0.2, 0) is 6.42 Å². The molecule has 4 rings (SSSR count). The second kappa shape index (κ2) is 7.34. The van der Waals surface area contributed by atoms with Crippen molar-refractivity contribution in [2.45, 2.75) is 32.1 Å². The monoisotopic (exact) mass is 367 g/mol. The minimum Gasteiger partial charge on any atom is -0.399 e. The molecule has 3 N–H and O–H groups in total. The number of nitrogens with two attached hydrogens (primary N) is 1. The number of nitrogens with one attached hydrogen (secondary N) is 1. The molecule has 4 heteroatoms. The van der Waals surface area contributed by atoms with Gasteiger partial charge >= 0.3 is 0 Å². The molecule has 2 heterocycles. The maximum Gasteiger partial charge on any atom is 0.0457 e. The van der Waals surface area contributed by atoms with Crippen LogP contribution in [0, 0.1) is 6.92 Å². The summed E-state index contributed by atoms with van der Waals surface area (Å²) in [4.78, 5) is 5.98. The van der Waals surface area contributed by atoms with Gasteiger partial charge in [0.2, 0.25) is 0 Å².